The molecule has 0 saturated heterocycles. The Morgan fingerprint density at radius 2 is 2.38 bits per heavy atom. The first-order chi connectivity index (χ1) is 10.1. The van der Waals surface area contributed by atoms with Crippen LogP contribution in [-0.4, -0.2) is 25.6 Å². The molecule has 1 fully saturated rings. The van der Waals surface area contributed by atoms with Gasteiger partial charge in [0.05, 0.1) is 17.3 Å². The predicted octanol–water partition coefficient (Wildman–Crippen LogP) is 1.69. The van der Waals surface area contributed by atoms with Gasteiger partial charge in [-0.1, -0.05) is 0 Å². The largest absolute Gasteiger partial charge is 0.347 e. The van der Waals surface area contributed by atoms with E-state index in [2.05, 4.69) is 15.5 Å². The van der Waals surface area contributed by atoms with E-state index >= 15 is 0 Å². The maximum Gasteiger partial charge on any atom is 0.287 e. The quantitative estimate of drug-likeness (QED) is 0.645. The van der Waals surface area contributed by atoms with Crippen molar-refractivity contribution in [3.05, 3.63) is 45.5 Å². The van der Waals surface area contributed by atoms with Crippen molar-refractivity contribution in [1.29, 1.82) is 0 Å². The molecule has 2 heterocycles. The average molecular weight is 289 g/mol. The first kappa shape index (κ1) is 13.3. The summed E-state index contributed by atoms with van der Waals surface area (Å²) in [4.78, 5) is 22.6. The molecule has 0 spiro atoms. The lowest BCUT2D eigenvalue weighted by molar-refractivity contribution is -0.384. The van der Waals surface area contributed by atoms with E-state index < -0.39 is 4.92 Å². The van der Waals surface area contributed by atoms with Crippen molar-refractivity contribution in [2.45, 2.75) is 32.4 Å². The monoisotopic (exact) mass is 289 g/mol. The minimum absolute atomic E-state index is 0.0495. The third-order valence-electron chi connectivity index (χ3n) is 3.59. The van der Waals surface area contributed by atoms with E-state index in [1.165, 1.54) is 12.3 Å². The van der Waals surface area contributed by atoms with Gasteiger partial charge in [-0.3, -0.25) is 20.0 Å². The van der Waals surface area contributed by atoms with Gasteiger partial charge in [-0.15, -0.1) is 0 Å². The number of nitrogens with zero attached hydrogens (tertiary/aromatic N) is 3. The Morgan fingerprint density at radius 3 is 2.95 bits per heavy atom. The van der Waals surface area contributed by atoms with Gasteiger partial charge >= 0.3 is 0 Å². The number of hydrogen-bond donors (Lipinski definition) is 2. The average Bonchev–Trinajstić information content (AvgIpc) is 3.06. The van der Waals surface area contributed by atoms with Crippen LogP contribution in [0, 0.1) is 17.0 Å². The highest BCUT2D eigenvalue weighted by molar-refractivity contribution is 5.93. The third kappa shape index (κ3) is 2.64. The summed E-state index contributed by atoms with van der Waals surface area (Å²) in [6, 6.07) is 1.53. The second kappa shape index (κ2) is 5.04. The summed E-state index contributed by atoms with van der Waals surface area (Å²) < 4.78 is 1.70. The summed E-state index contributed by atoms with van der Waals surface area (Å²) in [6.45, 7) is 2.21. The molecule has 1 aliphatic rings. The molecule has 1 aliphatic carbocycles. The van der Waals surface area contributed by atoms with Crippen LogP contribution in [0.15, 0.2) is 18.5 Å². The van der Waals surface area contributed by atoms with Gasteiger partial charge in [-0.25, -0.2) is 0 Å². The summed E-state index contributed by atoms with van der Waals surface area (Å²) in [5, 5.41) is 20.3. The number of carbonyl (C=O) groups excluding carboxylic acids is 1. The molecule has 21 heavy (non-hydrogen) atoms. The third-order valence-corrected chi connectivity index (χ3v) is 3.59. The molecule has 0 aliphatic heterocycles. The van der Waals surface area contributed by atoms with Crippen LogP contribution in [0.5, 0.6) is 0 Å². The SMILES string of the molecule is Cc1[nH]ncc1CNC(=O)c1cc([N+](=O)[O-])cn1C1CC1. The summed E-state index contributed by atoms with van der Waals surface area (Å²) in [5.74, 6) is -0.310. The number of nitro groups is 1. The van der Waals surface area contributed by atoms with Crippen molar-refractivity contribution in [3.63, 3.8) is 0 Å². The fourth-order valence-corrected chi connectivity index (χ4v) is 2.22. The van der Waals surface area contributed by atoms with E-state index in [1.807, 2.05) is 6.92 Å². The molecule has 0 radical (unpaired) electrons. The Morgan fingerprint density at radius 1 is 1.62 bits per heavy atom. The first-order valence-electron chi connectivity index (χ1n) is 6.69. The van der Waals surface area contributed by atoms with Crippen LogP contribution < -0.4 is 5.32 Å². The molecule has 3 rings (SSSR count). The van der Waals surface area contributed by atoms with E-state index in [-0.39, 0.29) is 17.6 Å². The van der Waals surface area contributed by atoms with Gasteiger partial charge in [0.15, 0.2) is 0 Å². The lowest BCUT2D eigenvalue weighted by Gasteiger charge is -2.07. The van der Waals surface area contributed by atoms with Crippen LogP contribution in [-0.2, 0) is 6.54 Å². The standard InChI is InChI=1S/C13H15N5O3/c1-8-9(6-15-16-8)5-14-13(19)12-4-11(18(20)21)7-17(12)10-2-3-10/h4,6-7,10H,2-3,5H2,1H3,(H,14,19)(H,15,16). The molecular weight excluding hydrogens is 274 g/mol. The van der Waals surface area contributed by atoms with E-state index in [0.717, 1.165) is 24.1 Å². The second-order valence-corrected chi connectivity index (χ2v) is 5.18. The Hall–Kier alpha value is -2.64. The predicted molar refractivity (Wildman–Crippen MR) is 73.9 cm³/mol. The summed E-state index contributed by atoms with van der Waals surface area (Å²) in [6.07, 6.45) is 4.99. The summed E-state index contributed by atoms with van der Waals surface area (Å²) in [7, 11) is 0. The maximum atomic E-state index is 12.3. The van der Waals surface area contributed by atoms with Crippen molar-refractivity contribution in [2.75, 3.05) is 0 Å². The Labute approximate surface area is 120 Å². The summed E-state index contributed by atoms with van der Waals surface area (Å²) in [5.41, 5.74) is 2.07. The van der Waals surface area contributed by atoms with Gasteiger partial charge in [0.1, 0.15) is 5.69 Å². The van der Waals surface area contributed by atoms with Crippen LogP contribution in [0.3, 0.4) is 0 Å². The highest BCUT2D eigenvalue weighted by Crippen LogP contribution is 2.37. The molecule has 0 unspecified atom stereocenters. The molecule has 0 bridgehead atoms. The van der Waals surface area contributed by atoms with Crippen molar-refractivity contribution >= 4 is 11.6 Å². The molecule has 2 N–H and O–H groups in total. The highest BCUT2D eigenvalue weighted by Gasteiger charge is 2.30. The highest BCUT2D eigenvalue weighted by atomic mass is 16.6. The van der Waals surface area contributed by atoms with Gasteiger partial charge in [-0.05, 0) is 19.8 Å². The van der Waals surface area contributed by atoms with Crippen LogP contribution >= 0.6 is 0 Å². The fraction of sp³-hybridized carbons (Fsp3) is 0.385. The van der Waals surface area contributed by atoms with Crippen molar-refractivity contribution < 1.29 is 9.72 Å². The van der Waals surface area contributed by atoms with E-state index in [0.29, 0.717) is 12.2 Å². The topological polar surface area (TPSA) is 106 Å². The molecule has 8 nitrogen and oxygen atoms in total. The van der Waals surface area contributed by atoms with E-state index in [4.69, 9.17) is 0 Å². The number of rotatable bonds is 5. The smallest absolute Gasteiger partial charge is 0.287 e. The van der Waals surface area contributed by atoms with Gasteiger partial charge in [0.2, 0.25) is 0 Å². The Balaban J connectivity index is 1.77. The zero-order chi connectivity index (χ0) is 15.0. The second-order valence-electron chi connectivity index (χ2n) is 5.18. The van der Waals surface area contributed by atoms with E-state index in [1.54, 1.807) is 10.8 Å². The van der Waals surface area contributed by atoms with Crippen molar-refractivity contribution in [2.24, 2.45) is 0 Å². The number of aryl methyl sites for hydroxylation is 1. The number of aromatic nitrogens is 3. The van der Waals surface area contributed by atoms with Gasteiger partial charge in [0, 0.05) is 29.9 Å². The minimum atomic E-state index is -0.476. The number of hydrogen-bond acceptors (Lipinski definition) is 4. The van der Waals surface area contributed by atoms with Crippen LogP contribution in [0.25, 0.3) is 0 Å². The normalized spacial score (nSPS) is 14.1. The number of aromatic amines is 1. The molecule has 2 aromatic heterocycles. The lowest BCUT2D eigenvalue weighted by Crippen LogP contribution is -2.25. The summed E-state index contributed by atoms with van der Waals surface area (Å²) >= 11 is 0. The number of nitrogens with one attached hydrogen (secondary N) is 2. The first-order valence-corrected chi connectivity index (χ1v) is 6.69. The zero-order valence-corrected chi connectivity index (χ0v) is 11.5. The zero-order valence-electron chi connectivity index (χ0n) is 11.5. The lowest BCUT2D eigenvalue weighted by atomic mass is 10.2. The number of H-pyrrole nitrogens is 1. The number of amides is 1. The van der Waals surface area contributed by atoms with Gasteiger partial charge in [0.25, 0.3) is 11.6 Å². The van der Waals surface area contributed by atoms with Gasteiger partial charge < -0.3 is 9.88 Å². The fourth-order valence-electron chi connectivity index (χ4n) is 2.22. The maximum absolute atomic E-state index is 12.3. The molecular formula is C13H15N5O3. The molecule has 0 aromatic carbocycles. The minimum Gasteiger partial charge on any atom is -0.347 e. The van der Waals surface area contributed by atoms with Crippen molar-refractivity contribution in [1.82, 2.24) is 20.1 Å². The molecule has 110 valence electrons. The van der Waals surface area contributed by atoms with Crippen LogP contribution in [0.1, 0.15) is 40.6 Å². The molecule has 1 amide bonds. The van der Waals surface area contributed by atoms with Crippen LogP contribution in [0.2, 0.25) is 0 Å². The molecule has 8 heteroatoms. The van der Waals surface area contributed by atoms with Gasteiger partial charge in [-0.2, -0.15) is 5.10 Å². The Kier molecular flexibility index (Phi) is 3.20. The van der Waals surface area contributed by atoms with Crippen molar-refractivity contribution in [3.8, 4) is 0 Å². The van der Waals surface area contributed by atoms with Crippen LogP contribution in [0.4, 0.5) is 5.69 Å². The molecule has 1 saturated carbocycles. The molecule has 2 aromatic rings. The Bertz CT molecular complexity index is 698. The van der Waals surface area contributed by atoms with E-state index in [9.17, 15) is 14.9 Å². The number of carbonyl (C=O) groups is 1. The molecule has 0 atom stereocenters.